The Labute approximate surface area is 92.3 Å². The molecule has 2 aliphatic heterocycles. The Morgan fingerprint density at radius 2 is 2.06 bits per heavy atom. The molecule has 1 saturated heterocycles. The molecule has 0 unspecified atom stereocenters. The third-order valence-electron chi connectivity index (χ3n) is 2.73. The zero-order chi connectivity index (χ0) is 11.0. The van der Waals surface area contributed by atoms with Gasteiger partial charge in [0, 0.05) is 6.42 Å². The van der Waals surface area contributed by atoms with Crippen LogP contribution in [-0.2, 0) is 4.74 Å². The van der Waals surface area contributed by atoms with Gasteiger partial charge in [0.2, 0.25) is 6.79 Å². The molecule has 16 heavy (non-hydrogen) atoms. The van der Waals surface area contributed by atoms with E-state index in [0.717, 1.165) is 23.5 Å². The molecule has 84 valence electrons. The van der Waals surface area contributed by atoms with Gasteiger partial charge in [0.05, 0.1) is 12.6 Å². The van der Waals surface area contributed by atoms with Crippen LogP contribution in [0.4, 0.5) is 4.79 Å². The van der Waals surface area contributed by atoms with Crippen molar-refractivity contribution in [3.8, 4) is 11.5 Å². The quantitative estimate of drug-likeness (QED) is 0.782. The maximum absolute atomic E-state index is 11.1. The number of nitrogens with one attached hydrogen (secondary N) is 1. The molecule has 2 heterocycles. The minimum absolute atomic E-state index is 0.00394. The summed E-state index contributed by atoms with van der Waals surface area (Å²) in [5, 5.41) is 2.77. The summed E-state index contributed by atoms with van der Waals surface area (Å²) in [5.74, 6) is 1.49. The average molecular weight is 221 g/mol. The second-order valence-electron chi connectivity index (χ2n) is 3.73. The van der Waals surface area contributed by atoms with Gasteiger partial charge in [-0.1, -0.05) is 6.07 Å². The first-order valence-electron chi connectivity index (χ1n) is 5.16. The lowest BCUT2D eigenvalue weighted by Crippen LogP contribution is -2.35. The SMILES string of the molecule is O=C1N[C@@H](c2ccc3c(c2)OCO3)CCO1. The Balaban J connectivity index is 1.86. The fourth-order valence-corrected chi connectivity index (χ4v) is 1.91. The molecule has 1 aromatic rings. The number of hydrogen-bond acceptors (Lipinski definition) is 4. The number of amides is 1. The van der Waals surface area contributed by atoms with E-state index in [1.54, 1.807) is 0 Å². The zero-order valence-electron chi connectivity index (χ0n) is 8.56. The molecule has 0 bridgehead atoms. The molecule has 5 nitrogen and oxygen atoms in total. The predicted molar refractivity (Wildman–Crippen MR) is 54.4 cm³/mol. The van der Waals surface area contributed by atoms with Crippen molar-refractivity contribution in [3.63, 3.8) is 0 Å². The molecule has 0 saturated carbocycles. The molecule has 1 N–H and O–H groups in total. The molecule has 2 aliphatic rings. The third-order valence-corrected chi connectivity index (χ3v) is 2.73. The van der Waals surface area contributed by atoms with E-state index in [-0.39, 0.29) is 18.9 Å². The first-order valence-corrected chi connectivity index (χ1v) is 5.16. The van der Waals surface area contributed by atoms with E-state index >= 15 is 0 Å². The summed E-state index contributed by atoms with van der Waals surface area (Å²) in [6, 6.07) is 5.69. The highest BCUT2D eigenvalue weighted by Gasteiger charge is 2.23. The highest BCUT2D eigenvalue weighted by molar-refractivity contribution is 5.68. The summed E-state index contributed by atoms with van der Waals surface area (Å²) < 4.78 is 15.3. The Morgan fingerprint density at radius 3 is 2.94 bits per heavy atom. The Morgan fingerprint density at radius 1 is 1.19 bits per heavy atom. The van der Waals surface area contributed by atoms with Crippen LogP contribution in [0.1, 0.15) is 18.0 Å². The number of benzene rings is 1. The lowest BCUT2D eigenvalue weighted by atomic mass is 10.0. The topological polar surface area (TPSA) is 56.8 Å². The fraction of sp³-hybridized carbons (Fsp3) is 0.364. The van der Waals surface area contributed by atoms with Crippen LogP contribution in [0.5, 0.6) is 11.5 Å². The molecular weight excluding hydrogens is 210 g/mol. The zero-order valence-corrected chi connectivity index (χ0v) is 8.56. The van der Waals surface area contributed by atoms with Gasteiger partial charge in [-0.25, -0.2) is 4.79 Å². The minimum atomic E-state index is -0.367. The van der Waals surface area contributed by atoms with Gasteiger partial charge >= 0.3 is 6.09 Å². The van der Waals surface area contributed by atoms with Crippen LogP contribution in [-0.4, -0.2) is 19.5 Å². The Bertz CT molecular complexity index is 432. The molecule has 5 heteroatoms. The lowest BCUT2D eigenvalue weighted by Gasteiger charge is -2.23. The molecule has 0 spiro atoms. The highest BCUT2D eigenvalue weighted by Crippen LogP contribution is 2.35. The summed E-state index contributed by atoms with van der Waals surface area (Å²) in [5.41, 5.74) is 1.01. The lowest BCUT2D eigenvalue weighted by molar-refractivity contribution is 0.115. The van der Waals surface area contributed by atoms with E-state index in [9.17, 15) is 4.79 Å². The Kier molecular flexibility index (Phi) is 2.09. The van der Waals surface area contributed by atoms with E-state index in [0.29, 0.717) is 6.61 Å². The van der Waals surface area contributed by atoms with Gasteiger partial charge in [-0.05, 0) is 17.7 Å². The smallest absolute Gasteiger partial charge is 0.407 e. The van der Waals surface area contributed by atoms with Gasteiger partial charge in [-0.15, -0.1) is 0 Å². The van der Waals surface area contributed by atoms with Crippen molar-refractivity contribution in [1.82, 2.24) is 5.32 Å². The normalized spacial score (nSPS) is 22.5. The number of alkyl carbamates (subject to hydrolysis) is 1. The van der Waals surface area contributed by atoms with Crippen molar-refractivity contribution in [1.29, 1.82) is 0 Å². The summed E-state index contributed by atoms with van der Waals surface area (Å²) in [6.07, 6.45) is 0.402. The van der Waals surface area contributed by atoms with Crippen LogP contribution in [0.3, 0.4) is 0 Å². The predicted octanol–water partition coefficient (Wildman–Crippen LogP) is 1.59. The number of cyclic esters (lactones) is 1. The first kappa shape index (κ1) is 9.33. The van der Waals surface area contributed by atoms with E-state index in [2.05, 4.69) is 5.32 Å². The number of fused-ring (bicyclic) bond motifs is 1. The van der Waals surface area contributed by atoms with Crippen molar-refractivity contribution < 1.29 is 19.0 Å². The standard InChI is InChI=1S/C11H11NO4/c13-11-12-8(3-4-14-11)7-1-2-9-10(5-7)16-6-15-9/h1-2,5,8H,3-4,6H2,(H,12,13)/t8-/m1/s1. The summed E-state index contributed by atoms with van der Waals surface area (Å²) >= 11 is 0. The van der Waals surface area contributed by atoms with E-state index in [4.69, 9.17) is 14.2 Å². The molecule has 1 fully saturated rings. The van der Waals surface area contributed by atoms with Crippen molar-refractivity contribution in [3.05, 3.63) is 23.8 Å². The summed E-state index contributed by atoms with van der Waals surface area (Å²) in [4.78, 5) is 11.1. The van der Waals surface area contributed by atoms with Gasteiger partial charge in [0.1, 0.15) is 0 Å². The molecule has 1 atom stereocenters. The van der Waals surface area contributed by atoms with Crippen LogP contribution < -0.4 is 14.8 Å². The molecule has 0 radical (unpaired) electrons. The van der Waals surface area contributed by atoms with E-state index in [1.165, 1.54) is 0 Å². The van der Waals surface area contributed by atoms with Crippen molar-refractivity contribution in [2.75, 3.05) is 13.4 Å². The largest absolute Gasteiger partial charge is 0.454 e. The van der Waals surface area contributed by atoms with Gasteiger partial charge in [0.15, 0.2) is 11.5 Å². The van der Waals surface area contributed by atoms with Crippen LogP contribution >= 0.6 is 0 Å². The third kappa shape index (κ3) is 1.54. The number of hydrogen-bond donors (Lipinski definition) is 1. The Hall–Kier alpha value is -1.91. The molecule has 1 aromatic carbocycles. The van der Waals surface area contributed by atoms with Gasteiger partial charge < -0.3 is 19.5 Å². The van der Waals surface area contributed by atoms with Gasteiger partial charge in [-0.3, -0.25) is 0 Å². The fourth-order valence-electron chi connectivity index (χ4n) is 1.91. The van der Waals surface area contributed by atoms with Crippen molar-refractivity contribution in [2.24, 2.45) is 0 Å². The van der Waals surface area contributed by atoms with E-state index < -0.39 is 0 Å². The number of ether oxygens (including phenoxy) is 3. The second kappa shape index (κ2) is 3.59. The molecule has 1 amide bonds. The molecule has 3 rings (SSSR count). The average Bonchev–Trinajstić information content (AvgIpc) is 2.75. The first-order chi connectivity index (χ1) is 7.83. The molecule has 0 aliphatic carbocycles. The van der Waals surface area contributed by atoms with Crippen LogP contribution in [0.25, 0.3) is 0 Å². The monoisotopic (exact) mass is 221 g/mol. The van der Waals surface area contributed by atoms with Crippen molar-refractivity contribution >= 4 is 6.09 Å². The van der Waals surface area contributed by atoms with Crippen molar-refractivity contribution in [2.45, 2.75) is 12.5 Å². The summed E-state index contributed by atoms with van der Waals surface area (Å²) in [7, 11) is 0. The number of carbonyl (C=O) groups is 1. The molecular formula is C11H11NO4. The maximum atomic E-state index is 11.1. The molecule has 0 aromatic heterocycles. The maximum Gasteiger partial charge on any atom is 0.407 e. The van der Waals surface area contributed by atoms with Crippen LogP contribution in [0.15, 0.2) is 18.2 Å². The van der Waals surface area contributed by atoms with Gasteiger partial charge in [-0.2, -0.15) is 0 Å². The van der Waals surface area contributed by atoms with Crippen LogP contribution in [0, 0.1) is 0 Å². The number of rotatable bonds is 1. The highest BCUT2D eigenvalue weighted by atomic mass is 16.7. The van der Waals surface area contributed by atoms with Gasteiger partial charge in [0.25, 0.3) is 0 Å². The summed E-state index contributed by atoms with van der Waals surface area (Å²) in [6.45, 7) is 0.712. The second-order valence-corrected chi connectivity index (χ2v) is 3.73. The van der Waals surface area contributed by atoms with E-state index in [1.807, 2.05) is 18.2 Å². The van der Waals surface area contributed by atoms with Crippen LogP contribution in [0.2, 0.25) is 0 Å². The number of carbonyl (C=O) groups excluding carboxylic acids is 1. The minimum Gasteiger partial charge on any atom is -0.454 e.